The van der Waals surface area contributed by atoms with Gasteiger partial charge >= 0.3 is 6.09 Å². The lowest BCUT2D eigenvalue weighted by molar-refractivity contribution is 0.0973. The molecule has 0 radical (unpaired) electrons. The number of hydrogen-bond acceptors (Lipinski definition) is 10. The van der Waals surface area contributed by atoms with Crippen molar-refractivity contribution in [1.82, 2.24) is 19.9 Å². The molecule has 2 aromatic heterocycles. The predicted molar refractivity (Wildman–Crippen MR) is 108 cm³/mol. The molecule has 2 saturated heterocycles. The third kappa shape index (κ3) is 3.50. The van der Waals surface area contributed by atoms with E-state index in [-0.39, 0.29) is 5.95 Å². The van der Waals surface area contributed by atoms with Gasteiger partial charge in [-0.05, 0) is 0 Å². The molecule has 30 heavy (non-hydrogen) atoms. The highest BCUT2D eigenvalue weighted by atomic mass is 16.5. The van der Waals surface area contributed by atoms with E-state index in [0.29, 0.717) is 43.9 Å². The predicted octanol–water partition coefficient (Wildman–Crippen LogP) is 0.710. The number of anilines is 3. The minimum atomic E-state index is -0.621. The van der Waals surface area contributed by atoms with Gasteiger partial charge in [0.05, 0.1) is 45.1 Å². The van der Waals surface area contributed by atoms with E-state index in [2.05, 4.69) is 29.8 Å². The van der Waals surface area contributed by atoms with Gasteiger partial charge in [-0.2, -0.15) is 0 Å². The highest BCUT2D eigenvalue weighted by molar-refractivity contribution is 5.82. The molecule has 1 N–H and O–H groups in total. The van der Waals surface area contributed by atoms with E-state index in [1.807, 2.05) is 0 Å². The third-order valence-electron chi connectivity index (χ3n) is 5.52. The molecule has 158 valence electrons. The zero-order valence-electron chi connectivity index (χ0n) is 16.7. The molecule has 1 atom stereocenters. The van der Waals surface area contributed by atoms with Crippen LogP contribution in [0.1, 0.15) is 5.56 Å². The van der Waals surface area contributed by atoms with Crippen molar-refractivity contribution >= 4 is 23.7 Å². The van der Waals surface area contributed by atoms with Crippen LogP contribution in [0.5, 0.6) is 0 Å². The Morgan fingerprint density at radius 3 is 2.60 bits per heavy atom. The Morgan fingerprint density at radius 2 is 1.83 bits per heavy atom. The van der Waals surface area contributed by atoms with Crippen LogP contribution in [0.3, 0.4) is 0 Å². The minimum absolute atomic E-state index is 0.161. The van der Waals surface area contributed by atoms with Crippen molar-refractivity contribution < 1.29 is 19.0 Å². The quantitative estimate of drug-likeness (QED) is 0.771. The molecule has 3 aliphatic heterocycles. The second kappa shape index (κ2) is 8.00. The monoisotopic (exact) mass is 413 g/mol. The second-order valence-electron chi connectivity index (χ2n) is 7.31. The van der Waals surface area contributed by atoms with Crippen molar-refractivity contribution in [2.75, 3.05) is 68.3 Å². The molecule has 0 aromatic carbocycles. The van der Waals surface area contributed by atoms with E-state index in [1.54, 1.807) is 12.4 Å². The van der Waals surface area contributed by atoms with Crippen molar-refractivity contribution in [2.24, 2.45) is 0 Å². The van der Waals surface area contributed by atoms with Crippen LogP contribution in [-0.2, 0) is 20.6 Å². The Balaban J connectivity index is 1.52. The summed E-state index contributed by atoms with van der Waals surface area (Å²) >= 11 is 0. The number of rotatable bonds is 3. The molecule has 0 aliphatic carbocycles. The van der Waals surface area contributed by atoms with Gasteiger partial charge in [0.1, 0.15) is 11.6 Å². The zero-order chi connectivity index (χ0) is 20.5. The summed E-state index contributed by atoms with van der Waals surface area (Å²) in [4.78, 5) is 34.1. The molecule has 5 heterocycles. The van der Waals surface area contributed by atoms with Crippen molar-refractivity contribution in [1.29, 1.82) is 0 Å². The normalized spacial score (nSPS) is 20.5. The summed E-state index contributed by atoms with van der Waals surface area (Å²) in [5.74, 6) is 2.64. The maximum atomic E-state index is 11.3. The number of fused-ring (bicyclic) bond motifs is 3. The van der Waals surface area contributed by atoms with Gasteiger partial charge in [-0.15, -0.1) is 0 Å². The van der Waals surface area contributed by atoms with Crippen LogP contribution in [0.4, 0.5) is 22.4 Å². The molecule has 5 rings (SSSR count). The van der Waals surface area contributed by atoms with E-state index in [1.165, 1.54) is 12.7 Å². The summed E-state index contributed by atoms with van der Waals surface area (Å²) in [6.07, 6.45) is 3.47. The Morgan fingerprint density at radius 1 is 1.10 bits per heavy atom. The fraction of sp³-hybridized carbons (Fsp3) is 0.526. The third-order valence-corrected chi connectivity index (χ3v) is 5.52. The SMILES string of the molecule is COC(=O)Nc1ncc(-c2nc(N3CCOCC3)c3c(n2)N2CCOC[C@@H]2C3)cn1. The van der Waals surface area contributed by atoms with Crippen molar-refractivity contribution in [3.63, 3.8) is 0 Å². The van der Waals surface area contributed by atoms with Crippen LogP contribution in [0.25, 0.3) is 11.4 Å². The first-order valence-electron chi connectivity index (χ1n) is 9.98. The van der Waals surface area contributed by atoms with Gasteiger partial charge in [0.2, 0.25) is 5.95 Å². The Hall–Kier alpha value is -3.05. The molecular weight excluding hydrogens is 390 g/mol. The number of amides is 1. The largest absolute Gasteiger partial charge is 0.453 e. The van der Waals surface area contributed by atoms with Crippen LogP contribution in [0.15, 0.2) is 12.4 Å². The first-order chi connectivity index (χ1) is 14.7. The van der Waals surface area contributed by atoms with E-state index >= 15 is 0 Å². The summed E-state index contributed by atoms with van der Waals surface area (Å²) in [6.45, 7) is 5.16. The number of hydrogen-bond donors (Lipinski definition) is 1. The highest BCUT2D eigenvalue weighted by Crippen LogP contribution is 2.39. The molecule has 0 spiro atoms. The lowest BCUT2D eigenvalue weighted by Gasteiger charge is -2.31. The molecule has 0 unspecified atom stereocenters. The lowest BCUT2D eigenvalue weighted by atomic mass is 10.1. The number of nitrogens with one attached hydrogen (secondary N) is 1. The maximum Gasteiger partial charge on any atom is 0.413 e. The van der Waals surface area contributed by atoms with Gasteiger partial charge in [0, 0.05) is 44.0 Å². The van der Waals surface area contributed by atoms with Crippen LogP contribution < -0.4 is 15.1 Å². The number of morpholine rings is 2. The fourth-order valence-electron chi connectivity index (χ4n) is 4.04. The van der Waals surface area contributed by atoms with Crippen LogP contribution in [-0.4, -0.2) is 85.2 Å². The summed E-state index contributed by atoms with van der Waals surface area (Å²) in [6, 6.07) is 0.293. The molecule has 0 saturated carbocycles. The van der Waals surface area contributed by atoms with Crippen LogP contribution in [0, 0.1) is 0 Å². The van der Waals surface area contributed by atoms with Crippen molar-refractivity contribution in [2.45, 2.75) is 12.5 Å². The molecule has 0 bridgehead atoms. The van der Waals surface area contributed by atoms with Crippen molar-refractivity contribution in [3.05, 3.63) is 18.0 Å². The summed E-state index contributed by atoms with van der Waals surface area (Å²) in [7, 11) is 1.29. The number of aromatic nitrogens is 4. The van der Waals surface area contributed by atoms with Crippen molar-refractivity contribution in [3.8, 4) is 11.4 Å². The van der Waals surface area contributed by atoms with Gasteiger partial charge in [0.15, 0.2) is 5.82 Å². The molecule has 11 heteroatoms. The summed E-state index contributed by atoms with van der Waals surface area (Å²) in [5.41, 5.74) is 1.85. The van der Waals surface area contributed by atoms with Crippen LogP contribution >= 0.6 is 0 Å². The Bertz CT molecular complexity index is 933. The molecule has 3 aliphatic rings. The molecular formula is C19H23N7O4. The first-order valence-corrected chi connectivity index (χ1v) is 9.98. The fourth-order valence-corrected chi connectivity index (χ4v) is 4.04. The number of methoxy groups -OCH3 is 1. The van der Waals surface area contributed by atoms with Gasteiger partial charge in [-0.25, -0.2) is 24.7 Å². The molecule has 11 nitrogen and oxygen atoms in total. The van der Waals surface area contributed by atoms with E-state index in [0.717, 1.165) is 37.7 Å². The number of nitrogens with zero attached hydrogens (tertiary/aromatic N) is 6. The minimum Gasteiger partial charge on any atom is -0.453 e. The summed E-state index contributed by atoms with van der Waals surface area (Å²) in [5, 5.41) is 2.44. The van der Waals surface area contributed by atoms with Gasteiger partial charge in [0.25, 0.3) is 0 Å². The number of carbonyl (C=O) groups excluding carboxylic acids is 1. The standard InChI is InChI=1S/C19H23N7O4/c1-28-19(27)24-18-20-9-12(10-21-18)15-22-16(25-2-5-29-6-3-25)14-8-13-11-30-7-4-26(13)17(14)23-15/h9-10,13H,2-8,11H2,1H3,(H,20,21,24,27)/t13-/m0/s1. The first kappa shape index (κ1) is 18.9. The maximum absolute atomic E-state index is 11.3. The van der Waals surface area contributed by atoms with E-state index in [4.69, 9.17) is 19.4 Å². The smallest absolute Gasteiger partial charge is 0.413 e. The topological polar surface area (TPSA) is 115 Å². The molecule has 1 amide bonds. The Labute approximate surface area is 173 Å². The summed E-state index contributed by atoms with van der Waals surface area (Å²) < 4.78 is 15.8. The van der Waals surface area contributed by atoms with Gasteiger partial charge in [-0.1, -0.05) is 0 Å². The highest BCUT2D eigenvalue weighted by Gasteiger charge is 2.37. The Kier molecular flexibility index (Phi) is 5.05. The van der Waals surface area contributed by atoms with E-state index < -0.39 is 6.09 Å². The lowest BCUT2D eigenvalue weighted by Crippen LogP contribution is -2.43. The van der Waals surface area contributed by atoms with Crippen LogP contribution in [0.2, 0.25) is 0 Å². The average molecular weight is 413 g/mol. The molecule has 2 fully saturated rings. The number of carbonyl (C=O) groups is 1. The number of ether oxygens (including phenoxy) is 3. The second-order valence-corrected chi connectivity index (χ2v) is 7.31. The molecule has 2 aromatic rings. The van der Waals surface area contributed by atoms with Gasteiger partial charge < -0.3 is 24.0 Å². The van der Waals surface area contributed by atoms with Gasteiger partial charge in [-0.3, -0.25) is 5.32 Å². The zero-order valence-corrected chi connectivity index (χ0v) is 16.7. The average Bonchev–Trinajstić information content (AvgIpc) is 3.18. The van der Waals surface area contributed by atoms with E-state index in [9.17, 15) is 4.79 Å².